The number of carbonyl (C=O) groups excluding carboxylic acids is 2. The second-order valence-corrected chi connectivity index (χ2v) is 4.94. The van der Waals surface area contributed by atoms with Crippen LogP contribution in [0.15, 0.2) is 24.3 Å². The molecule has 1 heterocycles. The summed E-state index contributed by atoms with van der Waals surface area (Å²) in [5.41, 5.74) is 10.2. The topological polar surface area (TPSA) is 99.5 Å². The van der Waals surface area contributed by atoms with Gasteiger partial charge in [-0.15, -0.1) is 0 Å². The molecule has 1 aliphatic heterocycles. The first-order valence-corrected chi connectivity index (χ1v) is 7.05. The minimum Gasteiger partial charge on any atom is -0.399 e. The second-order valence-electron chi connectivity index (χ2n) is 4.94. The van der Waals surface area contributed by atoms with Crippen molar-refractivity contribution in [2.24, 2.45) is 0 Å². The van der Waals surface area contributed by atoms with Gasteiger partial charge in [0.15, 0.2) is 0 Å². The normalized spacial score (nSPS) is 14.6. The minimum absolute atomic E-state index is 0.0133. The third-order valence-corrected chi connectivity index (χ3v) is 3.25. The van der Waals surface area contributed by atoms with E-state index in [2.05, 4.69) is 16.1 Å². The number of nitrogen functional groups attached to an aromatic ring is 1. The first kappa shape index (κ1) is 15.1. The number of nitrogens with two attached hydrogens (primary N) is 1. The summed E-state index contributed by atoms with van der Waals surface area (Å²) in [5.74, 6) is -0.127. The van der Waals surface area contributed by atoms with Gasteiger partial charge in [0, 0.05) is 25.3 Å². The summed E-state index contributed by atoms with van der Waals surface area (Å²) in [6, 6.07) is 6.88. The van der Waals surface area contributed by atoms with Gasteiger partial charge in [0.2, 0.25) is 0 Å². The molecular formula is C14H21N5O2. The molecular weight excluding hydrogens is 270 g/mol. The lowest BCUT2D eigenvalue weighted by atomic mass is 10.2. The van der Waals surface area contributed by atoms with Gasteiger partial charge in [-0.2, -0.15) is 0 Å². The molecule has 21 heavy (non-hydrogen) atoms. The molecule has 0 spiro atoms. The van der Waals surface area contributed by atoms with E-state index in [0.29, 0.717) is 18.8 Å². The van der Waals surface area contributed by atoms with Crippen LogP contribution in [0.4, 0.5) is 10.5 Å². The molecule has 1 fully saturated rings. The van der Waals surface area contributed by atoms with E-state index < -0.39 is 0 Å². The number of urea groups is 1. The number of amides is 3. The zero-order chi connectivity index (χ0) is 15.1. The summed E-state index contributed by atoms with van der Waals surface area (Å²) in [5, 5.41) is 6.81. The van der Waals surface area contributed by atoms with Crippen molar-refractivity contribution in [2.75, 3.05) is 25.4 Å². The third-order valence-electron chi connectivity index (χ3n) is 3.25. The van der Waals surface area contributed by atoms with Gasteiger partial charge in [-0.25, -0.2) is 10.2 Å². The van der Waals surface area contributed by atoms with E-state index in [9.17, 15) is 9.59 Å². The van der Waals surface area contributed by atoms with Crippen molar-refractivity contribution in [1.29, 1.82) is 0 Å². The third kappa shape index (κ3) is 4.96. The van der Waals surface area contributed by atoms with Gasteiger partial charge in [-0.05, 0) is 30.5 Å². The number of hydrogen-bond donors (Lipinski definition) is 4. The van der Waals surface area contributed by atoms with E-state index in [4.69, 9.17) is 5.73 Å². The minimum atomic E-state index is -0.364. The van der Waals surface area contributed by atoms with Gasteiger partial charge in [-0.3, -0.25) is 9.80 Å². The highest BCUT2D eigenvalue weighted by molar-refractivity contribution is 5.83. The summed E-state index contributed by atoms with van der Waals surface area (Å²) in [4.78, 5) is 23.5. The van der Waals surface area contributed by atoms with Crippen LogP contribution in [0.25, 0.3) is 0 Å². The number of carbonyl (C=O) groups is 2. The Bertz CT molecular complexity index is 483. The van der Waals surface area contributed by atoms with E-state index in [1.54, 1.807) is 17.1 Å². The molecule has 1 aromatic rings. The van der Waals surface area contributed by atoms with E-state index in [1.165, 1.54) is 0 Å². The van der Waals surface area contributed by atoms with Crippen molar-refractivity contribution in [3.05, 3.63) is 29.8 Å². The zero-order valence-corrected chi connectivity index (χ0v) is 11.9. The number of nitrogens with one attached hydrogen (secondary N) is 3. The molecule has 0 aliphatic carbocycles. The predicted molar refractivity (Wildman–Crippen MR) is 80.0 cm³/mol. The van der Waals surface area contributed by atoms with Crippen molar-refractivity contribution >= 4 is 17.6 Å². The standard InChI is InChI=1S/C14H21N5O2/c15-12-5-3-11(4-6-12)9-16-14(21)17-10-13(20)19-8-2-1-7-18-19/h3-6,18H,1-2,7-10,15H2,(H2,16,17,21). The molecule has 0 atom stereocenters. The fourth-order valence-corrected chi connectivity index (χ4v) is 2.03. The number of nitrogens with zero attached hydrogens (tertiary/aromatic N) is 1. The summed E-state index contributed by atoms with van der Waals surface area (Å²) >= 11 is 0. The Morgan fingerprint density at radius 2 is 1.95 bits per heavy atom. The molecule has 5 N–H and O–H groups in total. The van der Waals surface area contributed by atoms with Crippen LogP contribution >= 0.6 is 0 Å². The van der Waals surface area contributed by atoms with E-state index >= 15 is 0 Å². The fourth-order valence-electron chi connectivity index (χ4n) is 2.03. The van der Waals surface area contributed by atoms with Crippen LogP contribution in [0, 0.1) is 0 Å². The van der Waals surface area contributed by atoms with Gasteiger partial charge >= 0.3 is 6.03 Å². The molecule has 3 amide bonds. The molecule has 7 nitrogen and oxygen atoms in total. The first-order valence-electron chi connectivity index (χ1n) is 7.05. The summed E-state index contributed by atoms with van der Waals surface area (Å²) in [6.07, 6.45) is 2.06. The smallest absolute Gasteiger partial charge is 0.315 e. The highest BCUT2D eigenvalue weighted by Crippen LogP contribution is 2.04. The fraction of sp³-hybridized carbons (Fsp3) is 0.429. The van der Waals surface area contributed by atoms with Crippen molar-refractivity contribution in [2.45, 2.75) is 19.4 Å². The number of anilines is 1. The molecule has 1 aliphatic rings. The van der Waals surface area contributed by atoms with Crippen LogP contribution in [-0.2, 0) is 11.3 Å². The maximum absolute atomic E-state index is 11.8. The van der Waals surface area contributed by atoms with Crippen LogP contribution in [0.5, 0.6) is 0 Å². The highest BCUT2D eigenvalue weighted by atomic mass is 16.2. The Morgan fingerprint density at radius 1 is 1.19 bits per heavy atom. The number of benzene rings is 1. The Hall–Kier alpha value is -2.28. The monoisotopic (exact) mass is 291 g/mol. The van der Waals surface area contributed by atoms with Crippen molar-refractivity contribution in [1.82, 2.24) is 21.1 Å². The van der Waals surface area contributed by atoms with Crippen LogP contribution in [0.1, 0.15) is 18.4 Å². The van der Waals surface area contributed by atoms with Crippen LogP contribution in [-0.4, -0.2) is 36.6 Å². The van der Waals surface area contributed by atoms with E-state index in [-0.39, 0.29) is 18.5 Å². The first-order chi connectivity index (χ1) is 10.1. The van der Waals surface area contributed by atoms with Crippen molar-refractivity contribution in [3.63, 3.8) is 0 Å². The number of hydrogen-bond acceptors (Lipinski definition) is 4. The molecule has 0 saturated carbocycles. The van der Waals surface area contributed by atoms with Crippen molar-refractivity contribution < 1.29 is 9.59 Å². The molecule has 0 aromatic heterocycles. The number of hydrazine groups is 1. The second kappa shape index (κ2) is 7.49. The quantitative estimate of drug-likeness (QED) is 0.595. The van der Waals surface area contributed by atoms with Gasteiger partial charge in [0.25, 0.3) is 5.91 Å². The highest BCUT2D eigenvalue weighted by Gasteiger charge is 2.16. The summed E-state index contributed by atoms with van der Waals surface area (Å²) in [6.45, 7) is 1.87. The average Bonchev–Trinajstić information content (AvgIpc) is 2.53. The molecule has 7 heteroatoms. The largest absolute Gasteiger partial charge is 0.399 e. The molecule has 1 aromatic carbocycles. The summed E-state index contributed by atoms with van der Waals surface area (Å²) < 4.78 is 0. The SMILES string of the molecule is Nc1ccc(CNC(=O)NCC(=O)N2CCCCN2)cc1. The average molecular weight is 291 g/mol. The summed E-state index contributed by atoms with van der Waals surface area (Å²) in [7, 11) is 0. The molecule has 0 radical (unpaired) electrons. The lowest BCUT2D eigenvalue weighted by molar-refractivity contribution is -0.134. The van der Waals surface area contributed by atoms with Gasteiger partial charge in [0.1, 0.15) is 0 Å². The van der Waals surface area contributed by atoms with Gasteiger partial charge in [0.05, 0.1) is 6.54 Å². The Balaban J connectivity index is 1.67. The van der Waals surface area contributed by atoms with Gasteiger partial charge < -0.3 is 16.4 Å². The van der Waals surface area contributed by atoms with E-state index in [1.807, 2.05) is 12.1 Å². The Labute approximate surface area is 123 Å². The maximum atomic E-state index is 11.8. The molecule has 114 valence electrons. The lowest BCUT2D eigenvalue weighted by Crippen LogP contribution is -2.51. The molecule has 0 bridgehead atoms. The lowest BCUT2D eigenvalue weighted by Gasteiger charge is -2.27. The molecule has 0 unspecified atom stereocenters. The van der Waals surface area contributed by atoms with Crippen LogP contribution in [0.2, 0.25) is 0 Å². The Kier molecular flexibility index (Phi) is 5.39. The maximum Gasteiger partial charge on any atom is 0.315 e. The molecule has 1 saturated heterocycles. The molecule has 2 rings (SSSR count). The van der Waals surface area contributed by atoms with Crippen LogP contribution < -0.4 is 21.8 Å². The Morgan fingerprint density at radius 3 is 2.62 bits per heavy atom. The predicted octanol–water partition coefficient (Wildman–Crippen LogP) is 0.195. The number of rotatable bonds is 4. The zero-order valence-electron chi connectivity index (χ0n) is 11.9. The van der Waals surface area contributed by atoms with E-state index in [0.717, 1.165) is 24.9 Å². The van der Waals surface area contributed by atoms with Crippen LogP contribution in [0.3, 0.4) is 0 Å². The van der Waals surface area contributed by atoms with Crippen molar-refractivity contribution in [3.8, 4) is 0 Å². The van der Waals surface area contributed by atoms with Gasteiger partial charge in [-0.1, -0.05) is 12.1 Å².